The third-order valence-electron chi connectivity index (χ3n) is 3.03. The van der Waals surface area contributed by atoms with Crippen LogP contribution in [0, 0.1) is 5.82 Å². The first-order chi connectivity index (χ1) is 11.7. The lowest BCUT2D eigenvalue weighted by atomic mass is 10.2. The summed E-state index contributed by atoms with van der Waals surface area (Å²) in [5.41, 5.74) is -0.00161. The minimum atomic E-state index is -4.08. The van der Waals surface area contributed by atoms with E-state index in [1.807, 2.05) is 4.72 Å². The van der Waals surface area contributed by atoms with Gasteiger partial charge in [0.05, 0.1) is 10.0 Å². The SMILES string of the molecule is O=C(CNS(=O)(=O)c1cc(Cl)ccc1Cl)OCc1c(F)cccc1Cl. The first-order valence-corrected chi connectivity index (χ1v) is 9.35. The van der Waals surface area contributed by atoms with Crippen LogP contribution in [-0.4, -0.2) is 20.9 Å². The van der Waals surface area contributed by atoms with E-state index in [0.29, 0.717) is 0 Å². The van der Waals surface area contributed by atoms with E-state index in [9.17, 15) is 17.6 Å². The molecule has 0 unspecified atom stereocenters. The fraction of sp³-hybridized carbons (Fsp3) is 0.133. The van der Waals surface area contributed by atoms with E-state index in [1.165, 1.54) is 30.3 Å². The first-order valence-electron chi connectivity index (χ1n) is 6.74. The van der Waals surface area contributed by atoms with Crippen LogP contribution in [0.5, 0.6) is 0 Å². The molecule has 0 amide bonds. The molecule has 0 heterocycles. The minimum Gasteiger partial charge on any atom is -0.460 e. The highest BCUT2D eigenvalue weighted by Gasteiger charge is 2.20. The molecule has 0 saturated heterocycles. The zero-order valence-electron chi connectivity index (χ0n) is 12.4. The Labute approximate surface area is 158 Å². The van der Waals surface area contributed by atoms with E-state index in [1.54, 1.807) is 0 Å². The Morgan fingerprint density at radius 2 is 1.84 bits per heavy atom. The van der Waals surface area contributed by atoms with Gasteiger partial charge >= 0.3 is 5.97 Å². The number of halogens is 4. The lowest BCUT2D eigenvalue weighted by Gasteiger charge is -2.10. The average Bonchev–Trinajstić information content (AvgIpc) is 2.55. The molecule has 0 radical (unpaired) electrons. The summed E-state index contributed by atoms with van der Waals surface area (Å²) in [4.78, 5) is 11.4. The van der Waals surface area contributed by atoms with E-state index in [2.05, 4.69) is 0 Å². The Morgan fingerprint density at radius 1 is 1.12 bits per heavy atom. The predicted octanol–water partition coefficient (Wildman–Crippen LogP) is 3.81. The first kappa shape index (κ1) is 19.9. The second-order valence-corrected chi connectivity index (χ2v) is 7.75. The highest BCUT2D eigenvalue weighted by atomic mass is 35.5. The van der Waals surface area contributed by atoms with E-state index >= 15 is 0 Å². The van der Waals surface area contributed by atoms with Gasteiger partial charge in [0.1, 0.15) is 23.9 Å². The molecule has 0 saturated carbocycles. The van der Waals surface area contributed by atoms with Crippen molar-refractivity contribution in [2.75, 3.05) is 6.54 Å². The molecule has 0 fully saturated rings. The Kier molecular flexibility index (Phi) is 6.65. The monoisotopic (exact) mass is 425 g/mol. The fourth-order valence-corrected chi connectivity index (χ4v) is 3.74. The van der Waals surface area contributed by atoms with Crippen LogP contribution in [0.25, 0.3) is 0 Å². The Hall–Kier alpha value is -1.38. The van der Waals surface area contributed by atoms with Crippen LogP contribution >= 0.6 is 34.8 Å². The van der Waals surface area contributed by atoms with Crippen LogP contribution in [0.2, 0.25) is 15.1 Å². The highest BCUT2D eigenvalue weighted by molar-refractivity contribution is 7.89. The van der Waals surface area contributed by atoms with Gasteiger partial charge in [0, 0.05) is 10.6 Å². The van der Waals surface area contributed by atoms with Crippen molar-refractivity contribution in [2.45, 2.75) is 11.5 Å². The van der Waals surface area contributed by atoms with E-state index in [-0.39, 0.29) is 25.5 Å². The van der Waals surface area contributed by atoms with Crippen LogP contribution in [0.3, 0.4) is 0 Å². The van der Waals surface area contributed by atoms with Crippen molar-refractivity contribution in [3.63, 3.8) is 0 Å². The molecule has 25 heavy (non-hydrogen) atoms. The quantitative estimate of drug-likeness (QED) is 0.713. The summed E-state index contributed by atoms with van der Waals surface area (Å²) < 4.78 is 44.7. The summed E-state index contributed by atoms with van der Waals surface area (Å²) in [6.45, 7) is -1.10. The number of hydrogen-bond donors (Lipinski definition) is 1. The Bertz CT molecular complexity index is 885. The molecule has 0 spiro atoms. The van der Waals surface area contributed by atoms with E-state index in [0.717, 1.165) is 6.07 Å². The van der Waals surface area contributed by atoms with Crippen LogP contribution in [0.1, 0.15) is 5.56 Å². The predicted molar refractivity (Wildman–Crippen MR) is 92.9 cm³/mol. The van der Waals surface area contributed by atoms with Gasteiger partial charge in [-0.2, -0.15) is 4.72 Å². The zero-order chi connectivity index (χ0) is 18.6. The summed E-state index contributed by atoms with van der Waals surface area (Å²) in [6, 6.07) is 7.91. The highest BCUT2D eigenvalue weighted by Crippen LogP contribution is 2.24. The van der Waals surface area contributed by atoms with Crippen molar-refractivity contribution in [3.8, 4) is 0 Å². The second kappa shape index (κ2) is 8.33. The molecule has 0 aliphatic rings. The molecule has 2 rings (SSSR count). The third kappa shape index (κ3) is 5.29. The van der Waals surface area contributed by atoms with Crippen LogP contribution in [-0.2, 0) is 26.2 Å². The van der Waals surface area contributed by atoms with Crippen LogP contribution in [0.4, 0.5) is 4.39 Å². The largest absolute Gasteiger partial charge is 0.460 e. The van der Waals surface area contributed by atoms with Gasteiger partial charge in [0.15, 0.2) is 0 Å². The number of ether oxygens (including phenoxy) is 1. The fourth-order valence-electron chi connectivity index (χ4n) is 1.79. The lowest BCUT2D eigenvalue weighted by molar-refractivity contribution is -0.143. The molecular formula is C15H11Cl3FNO4S. The van der Waals surface area contributed by atoms with Gasteiger partial charge in [0.25, 0.3) is 0 Å². The molecule has 2 aromatic rings. The summed E-state index contributed by atoms with van der Waals surface area (Å²) >= 11 is 17.4. The molecule has 134 valence electrons. The maximum absolute atomic E-state index is 13.6. The maximum atomic E-state index is 13.6. The molecule has 5 nitrogen and oxygen atoms in total. The van der Waals surface area contributed by atoms with Crippen molar-refractivity contribution in [1.82, 2.24) is 4.72 Å². The third-order valence-corrected chi connectivity index (χ3v) is 5.50. The van der Waals surface area contributed by atoms with Gasteiger partial charge in [-0.25, -0.2) is 12.8 Å². The van der Waals surface area contributed by atoms with E-state index < -0.39 is 35.0 Å². The molecule has 2 aromatic carbocycles. The number of benzene rings is 2. The Balaban J connectivity index is 1.98. The van der Waals surface area contributed by atoms with Gasteiger partial charge in [-0.15, -0.1) is 0 Å². The zero-order valence-corrected chi connectivity index (χ0v) is 15.5. The van der Waals surface area contributed by atoms with E-state index in [4.69, 9.17) is 39.5 Å². The molecule has 0 aromatic heterocycles. The molecule has 0 aliphatic carbocycles. The summed E-state index contributed by atoms with van der Waals surface area (Å²) in [7, 11) is -4.08. The minimum absolute atomic E-state index is 0.00161. The molecule has 0 aliphatic heterocycles. The Morgan fingerprint density at radius 3 is 2.52 bits per heavy atom. The lowest BCUT2D eigenvalue weighted by Crippen LogP contribution is -2.31. The van der Waals surface area contributed by atoms with Gasteiger partial charge in [-0.1, -0.05) is 40.9 Å². The number of esters is 1. The number of hydrogen-bond acceptors (Lipinski definition) is 4. The standard InChI is InChI=1S/C15H11Cl3FNO4S/c16-9-4-5-12(18)14(6-9)25(22,23)20-7-15(21)24-8-10-11(17)2-1-3-13(10)19/h1-6,20H,7-8H2. The van der Waals surface area contributed by atoms with Gasteiger partial charge in [-0.05, 0) is 30.3 Å². The van der Waals surface area contributed by atoms with Gasteiger partial charge in [0.2, 0.25) is 10.0 Å². The van der Waals surface area contributed by atoms with Crippen molar-refractivity contribution in [3.05, 3.63) is 62.8 Å². The molecule has 10 heteroatoms. The topological polar surface area (TPSA) is 72.5 Å². The number of sulfonamides is 1. The molecular weight excluding hydrogens is 416 g/mol. The second-order valence-electron chi connectivity index (χ2n) is 4.76. The van der Waals surface area contributed by atoms with Crippen molar-refractivity contribution >= 4 is 50.8 Å². The normalized spacial score (nSPS) is 11.4. The van der Waals surface area contributed by atoms with Crippen LogP contribution in [0.15, 0.2) is 41.3 Å². The molecule has 1 N–H and O–H groups in total. The van der Waals surface area contributed by atoms with Crippen molar-refractivity contribution in [1.29, 1.82) is 0 Å². The number of rotatable bonds is 6. The van der Waals surface area contributed by atoms with Crippen molar-refractivity contribution < 1.29 is 22.3 Å². The summed E-state index contributed by atoms with van der Waals surface area (Å²) in [5.74, 6) is -1.55. The van der Waals surface area contributed by atoms with Crippen molar-refractivity contribution in [2.24, 2.45) is 0 Å². The number of carbonyl (C=O) groups excluding carboxylic acids is 1. The smallest absolute Gasteiger partial charge is 0.321 e. The molecule has 0 atom stereocenters. The maximum Gasteiger partial charge on any atom is 0.321 e. The summed E-state index contributed by atoms with van der Waals surface area (Å²) in [6.07, 6.45) is 0. The molecule has 0 bridgehead atoms. The van der Waals surface area contributed by atoms with Crippen LogP contribution < -0.4 is 4.72 Å². The average molecular weight is 427 g/mol. The van der Waals surface area contributed by atoms with Gasteiger partial charge in [-0.3, -0.25) is 4.79 Å². The summed E-state index contributed by atoms with van der Waals surface area (Å²) in [5, 5.41) is 0.212. The number of carbonyl (C=O) groups is 1. The van der Waals surface area contributed by atoms with Gasteiger partial charge < -0.3 is 4.74 Å². The number of nitrogens with one attached hydrogen (secondary N) is 1.